The highest BCUT2D eigenvalue weighted by atomic mass is 32.1. The Morgan fingerprint density at radius 3 is 2.08 bits per heavy atom. The van der Waals surface area contributed by atoms with E-state index in [-0.39, 0.29) is 0 Å². The first-order chi connectivity index (χ1) is 12.3. The summed E-state index contributed by atoms with van der Waals surface area (Å²) in [5.74, 6) is 0. The summed E-state index contributed by atoms with van der Waals surface area (Å²) in [5.41, 5.74) is 1.33. The van der Waals surface area contributed by atoms with Crippen molar-refractivity contribution in [3.05, 3.63) is 72.3 Å². The van der Waals surface area contributed by atoms with Crippen molar-refractivity contribution in [2.24, 2.45) is 0 Å². The van der Waals surface area contributed by atoms with Crippen molar-refractivity contribution in [3.63, 3.8) is 0 Å². The number of fused-ring (bicyclic) bond motifs is 9. The SMILES string of the molecule is Cc1ccc2sc3c(ccc4ccc5c6ccccc6sc5c43)c2c1. The van der Waals surface area contributed by atoms with Crippen molar-refractivity contribution in [1.82, 2.24) is 0 Å². The topological polar surface area (TPSA) is 0 Å². The van der Waals surface area contributed by atoms with E-state index in [0.29, 0.717) is 0 Å². The molecule has 2 aromatic heterocycles. The molecule has 0 amide bonds. The lowest BCUT2D eigenvalue weighted by molar-refractivity contribution is 1.52. The number of hydrogen-bond donors (Lipinski definition) is 0. The van der Waals surface area contributed by atoms with Gasteiger partial charge in [0.1, 0.15) is 0 Å². The Morgan fingerprint density at radius 2 is 1.28 bits per heavy atom. The highest BCUT2D eigenvalue weighted by Gasteiger charge is 2.13. The number of thiophene rings is 2. The fraction of sp³-hybridized carbons (Fsp3) is 0.0435. The Kier molecular flexibility index (Phi) is 2.66. The van der Waals surface area contributed by atoms with Crippen LogP contribution in [0.15, 0.2) is 66.7 Å². The van der Waals surface area contributed by atoms with Crippen LogP contribution in [-0.2, 0) is 0 Å². The van der Waals surface area contributed by atoms with Gasteiger partial charge in [0.2, 0.25) is 0 Å². The minimum Gasteiger partial charge on any atom is -0.134 e. The van der Waals surface area contributed by atoms with Gasteiger partial charge >= 0.3 is 0 Å². The molecule has 2 heterocycles. The molecule has 25 heavy (non-hydrogen) atoms. The molecule has 118 valence electrons. The summed E-state index contributed by atoms with van der Waals surface area (Å²) < 4.78 is 5.60. The molecule has 0 aliphatic heterocycles. The summed E-state index contributed by atoms with van der Waals surface area (Å²) in [6.07, 6.45) is 0. The van der Waals surface area contributed by atoms with Crippen molar-refractivity contribution >= 4 is 73.8 Å². The van der Waals surface area contributed by atoms with Gasteiger partial charge in [-0.1, -0.05) is 54.1 Å². The van der Waals surface area contributed by atoms with Crippen LogP contribution in [0.5, 0.6) is 0 Å². The van der Waals surface area contributed by atoms with Crippen molar-refractivity contribution in [1.29, 1.82) is 0 Å². The maximum atomic E-state index is 2.32. The molecule has 0 atom stereocenters. The predicted molar refractivity (Wildman–Crippen MR) is 114 cm³/mol. The van der Waals surface area contributed by atoms with Gasteiger partial charge in [0, 0.05) is 45.7 Å². The Morgan fingerprint density at radius 1 is 0.600 bits per heavy atom. The van der Waals surface area contributed by atoms with Crippen LogP contribution in [0.3, 0.4) is 0 Å². The molecule has 0 radical (unpaired) electrons. The van der Waals surface area contributed by atoms with Crippen molar-refractivity contribution in [2.45, 2.75) is 6.92 Å². The summed E-state index contributed by atoms with van der Waals surface area (Å²) in [5, 5.41) is 8.30. The van der Waals surface area contributed by atoms with Gasteiger partial charge in [-0.2, -0.15) is 0 Å². The second kappa shape index (κ2) is 4.81. The Bertz CT molecular complexity index is 1450. The van der Waals surface area contributed by atoms with E-state index in [4.69, 9.17) is 0 Å². The Labute approximate surface area is 152 Å². The normalized spacial score (nSPS) is 12.2. The van der Waals surface area contributed by atoms with Crippen molar-refractivity contribution < 1.29 is 0 Å². The van der Waals surface area contributed by atoms with Crippen LogP contribution in [0.25, 0.3) is 51.1 Å². The van der Waals surface area contributed by atoms with E-state index in [1.165, 1.54) is 56.7 Å². The number of hydrogen-bond acceptors (Lipinski definition) is 2. The zero-order chi connectivity index (χ0) is 16.5. The molecule has 0 bridgehead atoms. The van der Waals surface area contributed by atoms with E-state index in [1.54, 1.807) is 0 Å². The second-order valence-corrected chi connectivity index (χ2v) is 8.79. The lowest BCUT2D eigenvalue weighted by Crippen LogP contribution is -1.75. The summed E-state index contributed by atoms with van der Waals surface area (Å²) in [7, 11) is 0. The molecule has 0 unspecified atom stereocenters. The monoisotopic (exact) mass is 354 g/mol. The summed E-state index contributed by atoms with van der Waals surface area (Å²) >= 11 is 3.86. The molecule has 0 spiro atoms. The van der Waals surface area contributed by atoms with Crippen LogP contribution < -0.4 is 0 Å². The van der Waals surface area contributed by atoms with Gasteiger partial charge in [0.15, 0.2) is 0 Å². The predicted octanol–water partition coefficient (Wildman–Crippen LogP) is 7.88. The third-order valence-electron chi connectivity index (χ3n) is 5.12. The van der Waals surface area contributed by atoms with Gasteiger partial charge in [0.25, 0.3) is 0 Å². The number of rotatable bonds is 0. The molecule has 0 saturated heterocycles. The first-order valence-electron chi connectivity index (χ1n) is 8.45. The maximum Gasteiger partial charge on any atom is 0.0448 e. The molecule has 6 rings (SSSR count). The smallest absolute Gasteiger partial charge is 0.0448 e. The second-order valence-electron chi connectivity index (χ2n) is 6.68. The third-order valence-corrected chi connectivity index (χ3v) is 7.53. The van der Waals surface area contributed by atoms with Crippen LogP contribution in [0.2, 0.25) is 0 Å². The minimum absolute atomic E-state index is 1.33. The van der Waals surface area contributed by atoms with Gasteiger partial charge in [-0.15, -0.1) is 22.7 Å². The largest absolute Gasteiger partial charge is 0.134 e. The van der Waals surface area contributed by atoms with E-state index < -0.39 is 0 Å². The fourth-order valence-electron chi connectivity index (χ4n) is 3.93. The molecule has 4 aromatic carbocycles. The maximum absolute atomic E-state index is 2.32. The van der Waals surface area contributed by atoms with Gasteiger partial charge in [-0.05, 0) is 30.5 Å². The molecular formula is C23H14S2. The summed E-state index contributed by atoms with van der Waals surface area (Å²) in [6.45, 7) is 2.17. The quantitative estimate of drug-likeness (QED) is 0.260. The molecule has 0 saturated carbocycles. The Balaban J connectivity index is 1.92. The fourth-order valence-corrected chi connectivity index (χ4v) is 6.51. The molecule has 0 aliphatic carbocycles. The van der Waals surface area contributed by atoms with E-state index in [9.17, 15) is 0 Å². The molecule has 0 nitrogen and oxygen atoms in total. The van der Waals surface area contributed by atoms with Gasteiger partial charge in [-0.3, -0.25) is 0 Å². The molecule has 6 aromatic rings. The lowest BCUT2D eigenvalue weighted by atomic mass is 10.0. The minimum atomic E-state index is 1.33. The van der Waals surface area contributed by atoms with E-state index in [0.717, 1.165) is 0 Å². The van der Waals surface area contributed by atoms with E-state index in [2.05, 4.69) is 73.7 Å². The van der Waals surface area contributed by atoms with Gasteiger partial charge in [0.05, 0.1) is 0 Å². The third kappa shape index (κ3) is 1.81. The van der Waals surface area contributed by atoms with Crippen LogP contribution in [0.4, 0.5) is 0 Å². The number of benzene rings is 4. The lowest BCUT2D eigenvalue weighted by Gasteiger charge is -2.02. The first kappa shape index (κ1) is 13.8. The van der Waals surface area contributed by atoms with Crippen LogP contribution in [-0.4, -0.2) is 0 Å². The highest BCUT2D eigenvalue weighted by Crippen LogP contribution is 2.45. The molecule has 0 N–H and O–H groups in total. The zero-order valence-corrected chi connectivity index (χ0v) is 15.3. The van der Waals surface area contributed by atoms with Crippen molar-refractivity contribution in [3.8, 4) is 0 Å². The summed E-state index contributed by atoms with van der Waals surface area (Å²) in [6, 6.07) is 24.7. The van der Waals surface area contributed by atoms with Crippen LogP contribution in [0.1, 0.15) is 5.56 Å². The van der Waals surface area contributed by atoms with Gasteiger partial charge < -0.3 is 0 Å². The zero-order valence-electron chi connectivity index (χ0n) is 13.7. The molecular weight excluding hydrogens is 340 g/mol. The highest BCUT2D eigenvalue weighted by molar-refractivity contribution is 7.29. The first-order valence-corrected chi connectivity index (χ1v) is 10.1. The van der Waals surface area contributed by atoms with Crippen LogP contribution >= 0.6 is 22.7 Å². The molecule has 0 aliphatic rings. The molecule has 0 fully saturated rings. The van der Waals surface area contributed by atoms with E-state index in [1.807, 2.05) is 22.7 Å². The van der Waals surface area contributed by atoms with Crippen molar-refractivity contribution in [2.75, 3.05) is 0 Å². The Hall–Kier alpha value is -2.42. The molecule has 2 heteroatoms. The van der Waals surface area contributed by atoms with E-state index >= 15 is 0 Å². The summed E-state index contributed by atoms with van der Waals surface area (Å²) in [4.78, 5) is 0. The average Bonchev–Trinajstić information content (AvgIpc) is 3.19. The standard InChI is InChI=1S/C23H14S2/c1-13-6-11-20-18(12-13)17-10-8-14-7-9-16-15-4-2-3-5-19(15)24-22(16)21(14)23(17)25-20/h2-12H,1H3. The number of aryl methyl sites for hydroxylation is 1. The average molecular weight is 354 g/mol. The van der Waals surface area contributed by atoms with Gasteiger partial charge in [-0.25, -0.2) is 0 Å². The van der Waals surface area contributed by atoms with Crippen LogP contribution in [0, 0.1) is 6.92 Å².